The normalized spacial score (nSPS) is 19.2. The van der Waals surface area contributed by atoms with E-state index < -0.39 is 0 Å². The highest BCUT2D eigenvalue weighted by Crippen LogP contribution is 2.52. The predicted molar refractivity (Wildman–Crippen MR) is 118 cm³/mol. The molecule has 140 valence electrons. The third-order valence-corrected chi connectivity index (χ3v) is 8.29. The lowest BCUT2D eigenvalue weighted by molar-refractivity contribution is 0.497. The van der Waals surface area contributed by atoms with Gasteiger partial charge in [0.15, 0.2) is 0 Å². The quantitative estimate of drug-likeness (QED) is 0.484. The predicted octanol–water partition coefficient (Wildman–Crippen LogP) is 8.57. The number of hydrogen-bond acceptors (Lipinski definition) is 2. The standard InChI is InChI=1S/C24H32S2/c1-2-4-6-14-20-24(21-15-7-5-3-1,25-22-16-10-8-11-17-22)26-23-18-12-9-13-19-23/h8-13,16-19H,1-7,14-15,20-21H2. The second-order valence-electron chi connectivity index (χ2n) is 7.42. The van der Waals surface area contributed by atoms with Gasteiger partial charge in [-0.2, -0.15) is 0 Å². The molecule has 26 heavy (non-hydrogen) atoms. The Balaban J connectivity index is 1.79. The smallest absolute Gasteiger partial charge is 0.0705 e. The van der Waals surface area contributed by atoms with Gasteiger partial charge in [0.05, 0.1) is 4.08 Å². The van der Waals surface area contributed by atoms with E-state index in [-0.39, 0.29) is 4.08 Å². The van der Waals surface area contributed by atoms with Crippen molar-refractivity contribution in [3.05, 3.63) is 60.7 Å². The van der Waals surface area contributed by atoms with Crippen molar-refractivity contribution in [3.63, 3.8) is 0 Å². The first kappa shape index (κ1) is 19.9. The van der Waals surface area contributed by atoms with Crippen LogP contribution in [0.1, 0.15) is 70.6 Å². The summed E-state index contributed by atoms with van der Waals surface area (Å²) in [6, 6.07) is 22.1. The number of hydrogen-bond donors (Lipinski definition) is 0. The van der Waals surface area contributed by atoms with E-state index in [0.29, 0.717) is 0 Å². The SMILES string of the molecule is c1ccc(SC2(Sc3ccccc3)CCCCCCCCCCC2)cc1. The zero-order valence-corrected chi connectivity index (χ0v) is 17.5. The molecule has 0 heterocycles. The molecule has 0 aliphatic heterocycles. The number of rotatable bonds is 4. The van der Waals surface area contributed by atoms with Crippen LogP contribution in [0.25, 0.3) is 0 Å². The van der Waals surface area contributed by atoms with Crippen molar-refractivity contribution in [2.45, 2.75) is 84.5 Å². The fourth-order valence-corrected chi connectivity index (χ4v) is 6.96. The molecule has 0 spiro atoms. The molecule has 2 heteroatoms. The summed E-state index contributed by atoms with van der Waals surface area (Å²) in [7, 11) is 0. The van der Waals surface area contributed by atoms with E-state index in [1.807, 2.05) is 0 Å². The van der Waals surface area contributed by atoms with Gasteiger partial charge in [0.25, 0.3) is 0 Å². The molecular formula is C24H32S2. The monoisotopic (exact) mass is 384 g/mol. The maximum atomic E-state index is 2.29. The summed E-state index contributed by atoms with van der Waals surface area (Å²) in [6.07, 6.45) is 15.3. The average molecular weight is 385 g/mol. The molecule has 0 nitrogen and oxygen atoms in total. The molecule has 1 aliphatic carbocycles. The zero-order valence-electron chi connectivity index (χ0n) is 15.9. The van der Waals surface area contributed by atoms with Crippen LogP contribution in [-0.4, -0.2) is 4.08 Å². The van der Waals surface area contributed by atoms with Crippen LogP contribution < -0.4 is 0 Å². The fourth-order valence-electron chi connectivity index (χ4n) is 3.78. The van der Waals surface area contributed by atoms with Gasteiger partial charge in [0, 0.05) is 9.79 Å². The van der Waals surface area contributed by atoms with Gasteiger partial charge >= 0.3 is 0 Å². The highest BCUT2D eigenvalue weighted by molar-refractivity contribution is 8.18. The van der Waals surface area contributed by atoms with Gasteiger partial charge < -0.3 is 0 Å². The van der Waals surface area contributed by atoms with Crippen molar-refractivity contribution in [2.24, 2.45) is 0 Å². The summed E-state index contributed by atoms with van der Waals surface area (Å²) >= 11 is 4.24. The average Bonchev–Trinajstić information content (AvgIpc) is 2.66. The maximum Gasteiger partial charge on any atom is 0.0705 e. The summed E-state index contributed by atoms with van der Waals surface area (Å²) in [6.45, 7) is 0. The molecule has 0 unspecified atom stereocenters. The van der Waals surface area contributed by atoms with E-state index in [1.54, 1.807) is 0 Å². The van der Waals surface area contributed by atoms with E-state index in [4.69, 9.17) is 0 Å². The van der Waals surface area contributed by atoms with Crippen LogP contribution >= 0.6 is 23.5 Å². The van der Waals surface area contributed by atoms with E-state index in [0.717, 1.165) is 0 Å². The van der Waals surface area contributed by atoms with Crippen LogP contribution in [-0.2, 0) is 0 Å². The minimum absolute atomic E-state index is 0.266. The molecule has 2 aromatic carbocycles. The molecule has 1 saturated carbocycles. The van der Waals surface area contributed by atoms with Gasteiger partial charge in [0.2, 0.25) is 0 Å². The third-order valence-electron chi connectivity index (χ3n) is 5.21. The van der Waals surface area contributed by atoms with Crippen LogP contribution in [0, 0.1) is 0 Å². The fraction of sp³-hybridized carbons (Fsp3) is 0.500. The molecule has 2 aromatic rings. The van der Waals surface area contributed by atoms with E-state index in [2.05, 4.69) is 84.2 Å². The van der Waals surface area contributed by atoms with Gasteiger partial charge in [-0.15, -0.1) is 23.5 Å². The molecule has 1 aliphatic rings. The summed E-state index contributed by atoms with van der Waals surface area (Å²) in [4.78, 5) is 2.84. The minimum atomic E-state index is 0.266. The van der Waals surface area contributed by atoms with Crippen molar-refractivity contribution >= 4 is 23.5 Å². The first-order valence-corrected chi connectivity index (χ1v) is 12.0. The van der Waals surface area contributed by atoms with Gasteiger partial charge in [-0.05, 0) is 37.1 Å². The first-order valence-electron chi connectivity index (χ1n) is 10.3. The Kier molecular flexibility index (Phi) is 8.48. The molecule has 0 amide bonds. The molecule has 0 bridgehead atoms. The Hall–Kier alpha value is -0.860. The molecule has 3 rings (SSSR count). The number of benzene rings is 2. The highest BCUT2D eigenvalue weighted by Gasteiger charge is 2.32. The Bertz CT molecular complexity index is 553. The Morgan fingerprint density at radius 2 is 0.808 bits per heavy atom. The Morgan fingerprint density at radius 1 is 0.462 bits per heavy atom. The van der Waals surface area contributed by atoms with Gasteiger partial charge in [-0.3, -0.25) is 0 Å². The lowest BCUT2D eigenvalue weighted by Gasteiger charge is -2.33. The first-order chi connectivity index (χ1) is 12.9. The van der Waals surface area contributed by atoms with Crippen molar-refractivity contribution in [1.82, 2.24) is 0 Å². The van der Waals surface area contributed by atoms with E-state index in [1.165, 1.54) is 80.4 Å². The Labute approximate surface area is 168 Å². The summed E-state index contributed by atoms with van der Waals surface area (Å²) in [5.74, 6) is 0. The largest absolute Gasteiger partial charge is 0.108 e. The molecule has 0 atom stereocenters. The van der Waals surface area contributed by atoms with Gasteiger partial charge in [-0.1, -0.05) is 94.2 Å². The molecule has 0 radical (unpaired) electrons. The second kappa shape index (κ2) is 11.1. The van der Waals surface area contributed by atoms with Crippen LogP contribution in [0.2, 0.25) is 0 Å². The van der Waals surface area contributed by atoms with Crippen molar-refractivity contribution < 1.29 is 0 Å². The van der Waals surface area contributed by atoms with Gasteiger partial charge in [-0.25, -0.2) is 0 Å². The molecular weight excluding hydrogens is 352 g/mol. The van der Waals surface area contributed by atoms with Crippen molar-refractivity contribution in [1.29, 1.82) is 0 Å². The molecule has 0 saturated heterocycles. The van der Waals surface area contributed by atoms with Gasteiger partial charge in [0.1, 0.15) is 0 Å². The molecule has 0 N–H and O–H groups in total. The van der Waals surface area contributed by atoms with E-state index in [9.17, 15) is 0 Å². The molecule has 1 fully saturated rings. The Morgan fingerprint density at radius 3 is 1.19 bits per heavy atom. The highest BCUT2D eigenvalue weighted by atomic mass is 32.2. The van der Waals surface area contributed by atoms with E-state index >= 15 is 0 Å². The third kappa shape index (κ3) is 6.70. The van der Waals surface area contributed by atoms with Crippen molar-refractivity contribution in [2.75, 3.05) is 0 Å². The minimum Gasteiger partial charge on any atom is -0.108 e. The zero-order chi connectivity index (χ0) is 17.9. The van der Waals surface area contributed by atoms with Crippen LogP contribution in [0.5, 0.6) is 0 Å². The maximum absolute atomic E-state index is 2.29. The summed E-state index contributed by atoms with van der Waals surface area (Å²) in [5, 5.41) is 0. The lowest BCUT2D eigenvalue weighted by Crippen LogP contribution is -2.20. The second-order valence-corrected chi connectivity index (χ2v) is 10.6. The van der Waals surface area contributed by atoms with Crippen molar-refractivity contribution in [3.8, 4) is 0 Å². The number of thioether (sulfide) groups is 2. The lowest BCUT2D eigenvalue weighted by atomic mass is 10.0. The summed E-state index contributed by atoms with van der Waals surface area (Å²) in [5.41, 5.74) is 0. The van der Waals surface area contributed by atoms with Crippen LogP contribution in [0.3, 0.4) is 0 Å². The summed E-state index contributed by atoms with van der Waals surface area (Å²) < 4.78 is 0.266. The van der Waals surface area contributed by atoms with Crippen LogP contribution in [0.15, 0.2) is 70.5 Å². The molecule has 0 aromatic heterocycles. The topological polar surface area (TPSA) is 0 Å². The van der Waals surface area contributed by atoms with Crippen LogP contribution in [0.4, 0.5) is 0 Å².